The van der Waals surface area contributed by atoms with E-state index in [1.165, 1.54) is 12.1 Å². The summed E-state index contributed by atoms with van der Waals surface area (Å²) in [5, 5.41) is 0. The highest BCUT2D eigenvalue weighted by molar-refractivity contribution is 9.10. The molecule has 0 saturated carbocycles. The Bertz CT molecular complexity index is 1010. The molecule has 3 aromatic rings. The molecule has 1 aliphatic rings. The Kier molecular flexibility index (Phi) is 5.52. The van der Waals surface area contributed by atoms with E-state index in [2.05, 4.69) is 30.8 Å². The van der Waals surface area contributed by atoms with Gasteiger partial charge in [-0.3, -0.25) is 14.8 Å². The Balaban J connectivity index is 1.47. The van der Waals surface area contributed by atoms with Gasteiger partial charge in [-0.15, -0.1) is 0 Å². The standard InChI is InChI=1S/C21H20BrFN4O/c22-16-13-18-21(25-14-16)19(5-6-24-18)26-7-2-8-27(10-9-26)20(28)12-15-3-1-4-17(23)11-15/h1,3-6,11,13-14H,2,7-10,12H2. The topological polar surface area (TPSA) is 49.3 Å². The van der Waals surface area contributed by atoms with Crippen molar-refractivity contribution < 1.29 is 9.18 Å². The van der Waals surface area contributed by atoms with E-state index in [1.807, 2.05) is 17.0 Å². The molecular formula is C21H20BrFN4O. The van der Waals surface area contributed by atoms with Gasteiger partial charge in [0.2, 0.25) is 5.91 Å². The van der Waals surface area contributed by atoms with Crippen molar-refractivity contribution in [3.05, 3.63) is 64.6 Å². The lowest BCUT2D eigenvalue weighted by Crippen LogP contribution is -2.36. The van der Waals surface area contributed by atoms with Crippen molar-refractivity contribution in [2.45, 2.75) is 12.8 Å². The zero-order valence-electron chi connectivity index (χ0n) is 15.3. The quantitative estimate of drug-likeness (QED) is 0.618. The van der Waals surface area contributed by atoms with Gasteiger partial charge in [0.1, 0.15) is 11.3 Å². The number of hydrogen-bond donors (Lipinski definition) is 0. The summed E-state index contributed by atoms with van der Waals surface area (Å²) in [4.78, 5) is 25.8. The third kappa shape index (κ3) is 4.14. The summed E-state index contributed by atoms with van der Waals surface area (Å²) in [5.74, 6) is -0.273. The summed E-state index contributed by atoms with van der Waals surface area (Å²) in [6, 6.07) is 10.2. The lowest BCUT2D eigenvalue weighted by Gasteiger charge is -2.24. The van der Waals surface area contributed by atoms with Crippen LogP contribution in [0.2, 0.25) is 0 Å². The monoisotopic (exact) mass is 442 g/mol. The average Bonchev–Trinajstić information content (AvgIpc) is 2.93. The number of carbonyl (C=O) groups is 1. The van der Waals surface area contributed by atoms with Gasteiger partial charge in [-0.05, 0) is 52.2 Å². The molecule has 144 valence electrons. The summed E-state index contributed by atoms with van der Waals surface area (Å²) in [7, 11) is 0. The van der Waals surface area contributed by atoms with Crippen molar-refractivity contribution in [1.82, 2.24) is 14.9 Å². The lowest BCUT2D eigenvalue weighted by molar-refractivity contribution is -0.130. The molecule has 28 heavy (non-hydrogen) atoms. The number of benzene rings is 1. The maximum Gasteiger partial charge on any atom is 0.227 e. The number of hydrogen-bond acceptors (Lipinski definition) is 4. The number of amides is 1. The number of nitrogens with zero attached hydrogens (tertiary/aromatic N) is 4. The highest BCUT2D eigenvalue weighted by Gasteiger charge is 2.21. The van der Waals surface area contributed by atoms with E-state index in [9.17, 15) is 9.18 Å². The first-order valence-electron chi connectivity index (χ1n) is 9.27. The predicted octanol–water partition coefficient (Wildman–Crippen LogP) is 3.81. The number of aromatic nitrogens is 2. The largest absolute Gasteiger partial charge is 0.368 e. The second kappa shape index (κ2) is 8.22. The third-order valence-corrected chi connectivity index (χ3v) is 5.39. The van der Waals surface area contributed by atoms with Gasteiger partial charge in [-0.25, -0.2) is 4.39 Å². The molecule has 4 rings (SSSR count). The van der Waals surface area contributed by atoms with Gasteiger partial charge in [0.25, 0.3) is 0 Å². The number of fused-ring (bicyclic) bond motifs is 1. The number of anilines is 1. The van der Waals surface area contributed by atoms with Gasteiger partial charge in [0, 0.05) is 43.0 Å². The fourth-order valence-electron chi connectivity index (χ4n) is 3.59. The van der Waals surface area contributed by atoms with Crippen LogP contribution in [0.1, 0.15) is 12.0 Å². The summed E-state index contributed by atoms with van der Waals surface area (Å²) >= 11 is 3.44. The van der Waals surface area contributed by atoms with Crippen molar-refractivity contribution in [2.75, 3.05) is 31.1 Å². The summed E-state index contributed by atoms with van der Waals surface area (Å²) in [6.07, 6.45) is 4.67. The highest BCUT2D eigenvalue weighted by Crippen LogP contribution is 2.26. The fraction of sp³-hybridized carbons (Fsp3) is 0.286. The molecule has 0 N–H and O–H groups in total. The molecule has 1 amide bonds. The molecule has 0 aliphatic carbocycles. The molecule has 0 bridgehead atoms. The van der Waals surface area contributed by atoms with Crippen molar-refractivity contribution in [3.8, 4) is 0 Å². The summed E-state index contributed by atoms with van der Waals surface area (Å²) in [6.45, 7) is 2.91. The first-order valence-corrected chi connectivity index (χ1v) is 10.1. The minimum Gasteiger partial charge on any atom is -0.368 e. The maximum atomic E-state index is 13.4. The summed E-state index contributed by atoms with van der Waals surface area (Å²) < 4.78 is 14.3. The molecule has 7 heteroatoms. The van der Waals surface area contributed by atoms with Crippen LogP contribution in [0.5, 0.6) is 0 Å². The predicted molar refractivity (Wildman–Crippen MR) is 111 cm³/mol. The first-order chi connectivity index (χ1) is 13.6. The minimum absolute atomic E-state index is 0.0362. The second-order valence-electron chi connectivity index (χ2n) is 6.88. The highest BCUT2D eigenvalue weighted by atomic mass is 79.9. The summed E-state index contributed by atoms with van der Waals surface area (Å²) in [5.41, 5.74) is 3.46. The van der Waals surface area contributed by atoms with E-state index in [-0.39, 0.29) is 18.1 Å². The van der Waals surface area contributed by atoms with E-state index in [0.29, 0.717) is 18.7 Å². The molecule has 1 saturated heterocycles. The van der Waals surface area contributed by atoms with Crippen molar-refractivity contribution in [1.29, 1.82) is 0 Å². The third-order valence-electron chi connectivity index (χ3n) is 4.96. The molecule has 1 aromatic carbocycles. The van der Waals surface area contributed by atoms with E-state index in [4.69, 9.17) is 0 Å². The molecule has 2 aromatic heterocycles. The number of halogens is 2. The zero-order valence-corrected chi connectivity index (χ0v) is 16.9. The molecule has 0 atom stereocenters. The SMILES string of the molecule is O=C(Cc1cccc(F)c1)N1CCCN(c2ccnc3cc(Br)cnc23)CC1. The Hall–Kier alpha value is -2.54. The van der Waals surface area contributed by atoms with Crippen molar-refractivity contribution in [2.24, 2.45) is 0 Å². The minimum atomic E-state index is -0.309. The second-order valence-corrected chi connectivity index (χ2v) is 7.80. The van der Waals surface area contributed by atoms with E-state index >= 15 is 0 Å². The van der Waals surface area contributed by atoms with E-state index in [1.54, 1.807) is 24.5 Å². The van der Waals surface area contributed by atoms with Crippen molar-refractivity contribution >= 4 is 38.6 Å². The van der Waals surface area contributed by atoms with Crippen LogP contribution in [0.4, 0.5) is 10.1 Å². The van der Waals surface area contributed by atoms with E-state index in [0.717, 1.165) is 40.7 Å². The van der Waals surface area contributed by atoms with Crippen LogP contribution in [-0.4, -0.2) is 47.0 Å². The van der Waals surface area contributed by atoms with Crippen molar-refractivity contribution in [3.63, 3.8) is 0 Å². The Morgan fingerprint density at radius 2 is 2.00 bits per heavy atom. The van der Waals surface area contributed by atoms with Crippen LogP contribution in [0.3, 0.4) is 0 Å². The Morgan fingerprint density at radius 3 is 2.86 bits per heavy atom. The number of rotatable bonds is 3. The van der Waals surface area contributed by atoms with Gasteiger partial charge in [0.15, 0.2) is 0 Å². The molecule has 5 nitrogen and oxygen atoms in total. The zero-order chi connectivity index (χ0) is 19.5. The van der Waals surface area contributed by atoms with Crippen LogP contribution >= 0.6 is 15.9 Å². The maximum absolute atomic E-state index is 13.4. The molecular weight excluding hydrogens is 423 g/mol. The van der Waals surface area contributed by atoms with Crippen LogP contribution in [-0.2, 0) is 11.2 Å². The number of pyridine rings is 2. The molecule has 0 radical (unpaired) electrons. The van der Waals surface area contributed by atoms with Gasteiger partial charge >= 0.3 is 0 Å². The van der Waals surface area contributed by atoms with Crippen LogP contribution in [0, 0.1) is 5.82 Å². The van der Waals surface area contributed by atoms with Gasteiger partial charge in [0.05, 0.1) is 17.6 Å². The van der Waals surface area contributed by atoms with Gasteiger partial charge < -0.3 is 9.80 Å². The van der Waals surface area contributed by atoms with E-state index < -0.39 is 0 Å². The molecule has 0 unspecified atom stereocenters. The Morgan fingerprint density at radius 1 is 1.11 bits per heavy atom. The van der Waals surface area contributed by atoms with Crippen LogP contribution in [0.15, 0.2) is 53.3 Å². The Labute approximate surface area is 171 Å². The molecule has 3 heterocycles. The fourth-order valence-corrected chi connectivity index (χ4v) is 3.91. The smallest absolute Gasteiger partial charge is 0.227 e. The van der Waals surface area contributed by atoms with Gasteiger partial charge in [-0.1, -0.05) is 12.1 Å². The molecule has 0 spiro atoms. The van der Waals surface area contributed by atoms with Crippen LogP contribution < -0.4 is 4.90 Å². The average molecular weight is 443 g/mol. The first kappa shape index (κ1) is 18.8. The number of carbonyl (C=O) groups excluding carboxylic acids is 1. The molecule has 1 fully saturated rings. The van der Waals surface area contributed by atoms with Crippen LogP contribution in [0.25, 0.3) is 11.0 Å². The molecule has 1 aliphatic heterocycles. The lowest BCUT2D eigenvalue weighted by atomic mass is 10.1. The van der Waals surface area contributed by atoms with Gasteiger partial charge in [-0.2, -0.15) is 0 Å². The normalized spacial score (nSPS) is 14.9.